The first kappa shape index (κ1) is 85.4. The van der Waals surface area contributed by atoms with Gasteiger partial charge < -0.3 is 33.3 Å². The number of carbonyl (C=O) groups excluding carboxylic acids is 3. The zero-order chi connectivity index (χ0) is 66.1. The summed E-state index contributed by atoms with van der Waals surface area (Å²) < 4.78 is 22.8. The Kier molecular flexibility index (Phi) is 65.9. The van der Waals surface area contributed by atoms with Crippen molar-refractivity contribution in [2.45, 2.75) is 270 Å². The molecule has 9 heteroatoms. The van der Waals surface area contributed by atoms with Gasteiger partial charge in [-0.15, -0.1) is 0 Å². The first-order valence-corrected chi connectivity index (χ1v) is 35.9. The molecule has 0 rings (SSSR count). The quantitative estimate of drug-likeness (QED) is 0.0195. The zero-order valence-electron chi connectivity index (χ0n) is 58.4. The number of carboxylic acid groups (broad SMARTS) is 1. The minimum absolute atomic E-state index is 0.136. The molecule has 0 aromatic heterocycles. The number of allylic oxidation sites excluding steroid dienone is 30. The van der Waals surface area contributed by atoms with Crippen molar-refractivity contribution in [3.8, 4) is 0 Å². The molecule has 0 N–H and O–H groups in total. The molecule has 0 amide bonds. The van der Waals surface area contributed by atoms with Crippen molar-refractivity contribution >= 4 is 17.9 Å². The van der Waals surface area contributed by atoms with Crippen molar-refractivity contribution in [1.82, 2.24) is 0 Å². The molecule has 0 saturated carbocycles. The molecule has 0 radical (unpaired) electrons. The maximum atomic E-state index is 12.9. The number of carbonyl (C=O) groups is 3. The fraction of sp³-hybridized carbons (Fsp3) is 0.598. The van der Waals surface area contributed by atoms with Crippen LogP contribution < -0.4 is 5.11 Å². The third-order valence-electron chi connectivity index (χ3n) is 14.6. The van der Waals surface area contributed by atoms with Crippen molar-refractivity contribution < 1.29 is 42.9 Å². The molecule has 0 saturated heterocycles. The van der Waals surface area contributed by atoms with Crippen molar-refractivity contribution in [3.63, 3.8) is 0 Å². The molecule has 0 fully saturated rings. The number of ether oxygens (including phenoxy) is 4. The van der Waals surface area contributed by atoms with Crippen LogP contribution >= 0.6 is 0 Å². The predicted octanol–water partition coefficient (Wildman–Crippen LogP) is 21.5. The highest BCUT2D eigenvalue weighted by molar-refractivity contribution is 5.70. The largest absolute Gasteiger partial charge is 0.545 e. The summed E-state index contributed by atoms with van der Waals surface area (Å²) in [6, 6.07) is 0. The normalized spacial score (nSPS) is 13.8. The van der Waals surface area contributed by atoms with Gasteiger partial charge in [-0.1, -0.05) is 292 Å². The molecule has 0 aromatic rings. The van der Waals surface area contributed by atoms with Gasteiger partial charge in [0.15, 0.2) is 12.4 Å². The van der Waals surface area contributed by atoms with E-state index >= 15 is 0 Å². The Hall–Kier alpha value is -5.61. The third kappa shape index (κ3) is 71.7. The van der Waals surface area contributed by atoms with Crippen molar-refractivity contribution in [1.29, 1.82) is 0 Å². The van der Waals surface area contributed by atoms with E-state index in [1.54, 1.807) is 0 Å². The van der Waals surface area contributed by atoms with E-state index in [0.717, 1.165) is 154 Å². The molecule has 0 aliphatic carbocycles. The Morgan fingerprint density at radius 2 is 0.593 bits per heavy atom. The van der Waals surface area contributed by atoms with Crippen LogP contribution in [0.2, 0.25) is 0 Å². The van der Waals surface area contributed by atoms with Gasteiger partial charge in [-0.2, -0.15) is 0 Å². The Morgan fingerprint density at radius 3 is 0.879 bits per heavy atom. The van der Waals surface area contributed by atoms with E-state index < -0.39 is 24.3 Å². The number of esters is 2. The van der Waals surface area contributed by atoms with Gasteiger partial charge >= 0.3 is 11.9 Å². The maximum Gasteiger partial charge on any atom is 0.306 e. The van der Waals surface area contributed by atoms with Crippen LogP contribution in [0.1, 0.15) is 258 Å². The maximum absolute atomic E-state index is 12.9. The highest BCUT2D eigenvalue weighted by Gasteiger charge is 2.22. The first-order valence-electron chi connectivity index (χ1n) is 35.9. The number of unbranched alkanes of at least 4 members (excludes halogenated alkanes) is 19. The summed E-state index contributed by atoms with van der Waals surface area (Å²) in [5.74, 6) is -2.31. The molecule has 91 heavy (non-hydrogen) atoms. The highest BCUT2D eigenvalue weighted by atomic mass is 16.7. The lowest BCUT2D eigenvalue weighted by Crippen LogP contribution is -2.44. The van der Waals surface area contributed by atoms with Gasteiger partial charge in [0, 0.05) is 12.8 Å². The monoisotopic (exact) mass is 1260 g/mol. The summed E-state index contributed by atoms with van der Waals surface area (Å²) in [5.41, 5.74) is 0. The molecular formula is C82H131NO8. The van der Waals surface area contributed by atoms with Gasteiger partial charge in [-0.25, -0.2) is 0 Å². The Balaban J connectivity index is 4.20. The lowest BCUT2D eigenvalue weighted by atomic mass is 10.0. The van der Waals surface area contributed by atoms with Crippen LogP contribution in [0.5, 0.6) is 0 Å². The van der Waals surface area contributed by atoms with E-state index in [2.05, 4.69) is 196 Å². The van der Waals surface area contributed by atoms with E-state index in [9.17, 15) is 19.5 Å². The number of likely N-dealkylation sites (N-methyl/N-ethyl adjacent to an activating group) is 1. The summed E-state index contributed by atoms with van der Waals surface area (Å²) in [4.78, 5) is 37.5. The Morgan fingerprint density at radius 1 is 0.330 bits per heavy atom. The first-order chi connectivity index (χ1) is 44.6. The average Bonchev–Trinajstić information content (AvgIpc) is 3.46. The molecule has 2 atom stereocenters. The second-order valence-electron chi connectivity index (χ2n) is 24.4. The molecular weight excluding hydrogens is 1130 g/mol. The molecule has 0 spiro atoms. The zero-order valence-corrected chi connectivity index (χ0v) is 58.4. The highest BCUT2D eigenvalue weighted by Crippen LogP contribution is 2.16. The number of nitrogens with zero attached hydrogens (tertiary/aromatic N) is 1. The average molecular weight is 1260 g/mol. The Labute approximate surface area is 558 Å². The second kappa shape index (κ2) is 70.3. The van der Waals surface area contributed by atoms with Crippen LogP contribution in [-0.4, -0.2) is 82.3 Å². The number of rotatable bonds is 64. The standard InChI is InChI=1S/C82H131NO8/c1-6-8-10-12-14-16-18-20-22-24-26-28-30-32-34-35-36-37-38-39-40-41-42-43-44-45-47-49-51-53-55-57-59-61-63-65-67-69-71-73-80(85)91-78(77-90-82(81(86)87)88-75-74-83(3,4)5)76-89-79(84)72-70-68-66-64-62-60-58-56-54-52-50-48-46-33-31-29-27-25-23-21-19-17-15-13-11-9-7-2/h8-11,14-17,20-23,26-29,32-34,36-37,39-40,42-43,45-47,51,53,78,82H,6-7,12-13,18-19,24-25,30-31,35,38,41,44,48-50,52,54-77H2,1-5H3/b10-8-,11-9-,16-14-,17-15-,22-20-,23-21-,28-26-,29-27-,34-32-,37-36-,40-39-,43-42-,46-33-,47-45-,53-51-. The van der Waals surface area contributed by atoms with Gasteiger partial charge in [-0.05, 0) is 135 Å². The topological polar surface area (TPSA) is 111 Å². The lowest BCUT2D eigenvalue weighted by Gasteiger charge is -2.26. The van der Waals surface area contributed by atoms with Gasteiger partial charge in [0.25, 0.3) is 0 Å². The lowest BCUT2D eigenvalue weighted by molar-refractivity contribution is -0.870. The number of hydrogen-bond donors (Lipinski definition) is 0. The van der Waals surface area contributed by atoms with Crippen LogP contribution in [0.15, 0.2) is 182 Å². The fourth-order valence-corrected chi connectivity index (χ4v) is 9.24. The molecule has 512 valence electrons. The fourth-order valence-electron chi connectivity index (χ4n) is 9.24. The predicted molar refractivity (Wildman–Crippen MR) is 388 cm³/mol. The van der Waals surface area contributed by atoms with E-state index in [0.29, 0.717) is 17.4 Å². The molecule has 0 aliphatic heterocycles. The summed E-state index contributed by atoms with van der Waals surface area (Å²) >= 11 is 0. The van der Waals surface area contributed by atoms with Crippen LogP contribution in [0.3, 0.4) is 0 Å². The SMILES string of the molecule is CC/C=C\C/C=C\C/C=C\C/C=C\C/C=C\C/C=C\C/C=C\C/C=C\C/C=C\C/C=C\CCCCCCCCCCC(=O)OC(COC(=O)CCCCCCCCCCCCC/C=C\C/C=C\C/C=C\C/C=C\C/C=C\CC)COC(OCC[N+](C)(C)C)C(=O)[O-]. The molecule has 0 aliphatic rings. The summed E-state index contributed by atoms with van der Waals surface area (Å²) in [6.45, 7) is 4.49. The van der Waals surface area contributed by atoms with E-state index in [1.807, 2.05) is 21.1 Å². The second-order valence-corrected chi connectivity index (χ2v) is 24.4. The van der Waals surface area contributed by atoms with Crippen LogP contribution in [0, 0.1) is 0 Å². The van der Waals surface area contributed by atoms with Crippen molar-refractivity contribution in [3.05, 3.63) is 182 Å². The minimum atomic E-state index is -1.64. The van der Waals surface area contributed by atoms with Crippen LogP contribution in [-0.2, 0) is 33.3 Å². The molecule has 9 nitrogen and oxygen atoms in total. The number of hydrogen-bond acceptors (Lipinski definition) is 8. The summed E-state index contributed by atoms with van der Waals surface area (Å²) in [5, 5.41) is 11.8. The molecule has 0 bridgehead atoms. The van der Waals surface area contributed by atoms with Crippen LogP contribution in [0.25, 0.3) is 0 Å². The molecule has 0 heterocycles. The molecule has 0 aromatic carbocycles. The Bertz CT molecular complexity index is 2150. The minimum Gasteiger partial charge on any atom is -0.545 e. The van der Waals surface area contributed by atoms with E-state index in [4.69, 9.17) is 18.9 Å². The van der Waals surface area contributed by atoms with Gasteiger partial charge in [0.05, 0.1) is 40.3 Å². The van der Waals surface area contributed by atoms with Gasteiger partial charge in [0.1, 0.15) is 13.2 Å². The third-order valence-corrected chi connectivity index (χ3v) is 14.6. The van der Waals surface area contributed by atoms with E-state index in [-0.39, 0.29) is 38.6 Å². The summed E-state index contributed by atoms with van der Waals surface area (Å²) in [7, 11) is 5.92. The van der Waals surface area contributed by atoms with Crippen LogP contribution in [0.4, 0.5) is 0 Å². The van der Waals surface area contributed by atoms with Crippen molar-refractivity contribution in [2.75, 3.05) is 47.5 Å². The van der Waals surface area contributed by atoms with Gasteiger partial charge in [0.2, 0.25) is 0 Å². The van der Waals surface area contributed by atoms with Gasteiger partial charge in [-0.3, -0.25) is 9.59 Å². The smallest absolute Gasteiger partial charge is 0.306 e. The summed E-state index contributed by atoms with van der Waals surface area (Å²) in [6.07, 6.45) is 104. The number of carboxylic acids is 1. The van der Waals surface area contributed by atoms with Crippen molar-refractivity contribution in [2.24, 2.45) is 0 Å². The number of quaternary nitrogens is 1. The molecule has 2 unspecified atom stereocenters. The van der Waals surface area contributed by atoms with E-state index in [1.165, 1.54) is 70.6 Å². The number of aliphatic carboxylic acids is 1.